The Hall–Kier alpha value is -2.63. The van der Waals surface area contributed by atoms with Crippen molar-refractivity contribution in [3.8, 4) is 11.4 Å². The van der Waals surface area contributed by atoms with Gasteiger partial charge >= 0.3 is 0 Å². The minimum absolute atomic E-state index is 0.111. The number of H-pyrrole nitrogens is 1. The first-order chi connectivity index (χ1) is 8.70. The molecule has 6 nitrogen and oxygen atoms in total. The summed E-state index contributed by atoms with van der Waals surface area (Å²) in [5.74, 6) is 0.555. The molecular formula is C12H10N4O2. The van der Waals surface area contributed by atoms with Crippen molar-refractivity contribution in [2.45, 2.75) is 0 Å². The highest BCUT2D eigenvalue weighted by Gasteiger charge is 2.09. The Balaban J connectivity index is 2.27. The molecule has 0 saturated carbocycles. The molecule has 6 heteroatoms. The van der Waals surface area contributed by atoms with Crippen LogP contribution >= 0.6 is 0 Å². The van der Waals surface area contributed by atoms with E-state index < -0.39 is 0 Å². The van der Waals surface area contributed by atoms with E-state index in [4.69, 9.17) is 0 Å². The summed E-state index contributed by atoms with van der Waals surface area (Å²) in [6.45, 7) is 0. The predicted octanol–water partition coefficient (Wildman–Crippen LogP) is 0.841. The van der Waals surface area contributed by atoms with Crippen molar-refractivity contribution >= 4 is 12.1 Å². The average Bonchev–Trinajstić information content (AvgIpc) is 2.99. The van der Waals surface area contributed by atoms with Crippen LogP contribution in [0.25, 0.3) is 17.2 Å². The van der Waals surface area contributed by atoms with E-state index in [9.17, 15) is 9.59 Å². The topological polar surface area (TPSA) is 72.2 Å². The van der Waals surface area contributed by atoms with Crippen LogP contribution in [0.5, 0.6) is 0 Å². The summed E-state index contributed by atoms with van der Waals surface area (Å²) in [6, 6.07) is 4.98. The van der Waals surface area contributed by atoms with Crippen LogP contribution < -0.4 is 5.56 Å². The molecule has 0 fully saturated rings. The van der Waals surface area contributed by atoms with Crippen molar-refractivity contribution in [3.05, 3.63) is 46.6 Å². The second-order valence-electron chi connectivity index (χ2n) is 3.97. The van der Waals surface area contributed by atoms with E-state index >= 15 is 0 Å². The fourth-order valence-corrected chi connectivity index (χ4v) is 1.92. The minimum Gasteiger partial charge on any atom is -0.351 e. The zero-order chi connectivity index (χ0) is 12.7. The second-order valence-corrected chi connectivity index (χ2v) is 3.97. The smallest absolute Gasteiger partial charge is 0.254 e. The molecule has 0 amide bonds. The number of nitrogens with zero attached hydrogens (tertiary/aromatic N) is 3. The summed E-state index contributed by atoms with van der Waals surface area (Å²) >= 11 is 0. The number of aldehydes is 1. The molecule has 18 heavy (non-hydrogen) atoms. The Kier molecular flexibility index (Phi) is 2.16. The zero-order valence-corrected chi connectivity index (χ0v) is 9.62. The number of aromatic amines is 1. The van der Waals surface area contributed by atoms with Gasteiger partial charge in [-0.2, -0.15) is 0 Å². The van der Waals surface area contributed by atoms with Crippen LogP contribution in [0.3, 0.4) is 0 Å². The quantitative estimate of drug-likeness (QED) is 0.677. The first-order valence-electron chi connectivity index (χ1n) is 5.38. The van der Waals surface area contributed by atoms with Crippen LogP contribution in [0.2, 0.25) is 0 Å². The largest absolute Gasteiger partial charge is 0.351 e. The standard InChI is InChI=1S/C12H10N4O2/c1-15-11(18)4-5-16-10(6-13-12(15)16)9-3-2-8(7-17)14-9/h2-7,14H,1H3. The number of hydrogen-bond donors (Lipinski definition) is 1. The Morgan fingerprint density at radius 3 is 2.89 bits per heavy atom. The summed E-state index contributed by atoms with van der Waals surface area (Å²) in [5.41, 5.74) is 1.97. The molecule has 0 bridgehead atoms. The molecule has 3 aromatic rings. The fraction of sp³-hybridized carbons (Fsp3) is 0.0833. The molecule has 0 atom stereocenters. The van der Waals surface area contributed by atoms with Gasteiger partial charge in [0.1, 0.15) is 0 Å². The number of rotatable bonds is 2. The van der Waals surface area contributed by atoms with E-state index in [-0.39, 0.29) is 5.56 Å². The molecule has 0 saturated heterocycles. The Morgan fingerprint density at radius 2 is 2.17 bits per heavy atom. The molecule has 0 unspecified atom stereocenters. The molecular weight excluding hydrogens is 232 g/mol. The highest BCUT2D eigenvalue weighted by molar-refractivity contribution is 5.75. The van der Waals surface area contributed by atoms with Crippen molar-refractivity contribution in [2.75, 3.05) is 0 Å². The molecule has 1 N–H and O–H groups in total. The molecule has 0 aliphatic heterocycles. The summed E-state index contributed by atoms with van der Waals surface area (Å²) in [4.78, 5) is 29.3. The average molecular weight is 242 g/mol. The number of aromatic nitrogens is 4. The Bertz CT molecular complexity index is 794. The second kappa shape index (κ2) is 3.69. The fourth-order valence-electron chi connectivity index (χ4n) is 1.92. The maximum absolute atomic E-state index is 11.5. The molecule has 0 aliphatic carbocycles. The molecule has 90 valence electrons. The number of fused-ring (bicyclic) bond motifs is 1. The van der Waals surface area contributed by atoms with Crippen LogP contribution in [0.15, 0.2) is 35.4 Å². The van der Waals surface area contributed by atoms with Crippen molar-refractivity contribution in [1.29, 1.82) is 0 Å². The lowest BCUT2D eigenvalue weighted by Crippen LogP contribution is -2.17. The van der Waals surface area contributed by atoms with Gasteiger partial charge < -0.3 is 4.98 Å². The highest BCUT2D eigenvalue weighted by atomic mass is 16.1. The third kappa shape index (κ3) is 1.39. The summed E-state index contributed by atoms with van der Waals surface area (Å²) in [5, 5.41) is 0. The van der Waals surface area contributed by atoms with Crippen LogP contribution in [0.1, 0.15) is 10.5 Å². The summed E-state index contributed by atoms with van der Waals surface area (Å²) in [6.07, 6.45) is 4.08. The number of hydrogen-bond acceptors (Lipinski definition) is 3. The Morgan fingerprint density at radius 1 is 1.33 bits per heavy atom. The van der Waals surface area contributed by atoms with Gasteiger partial charge in [0.25, 0.3) is 5.56 Å². The molecule has 0 spiro atoms. The van der Waals surface area contributed by atoms with Gasteiger partial charge in [0.2, 0.25) is 5.78 Å². The molecule has 0 aromatic carbocycles. The van der Waals surface area contributed by atoms with Crippen molar-refractivity contribution in [1.82, 2.24) is 18.9 Å². The van der Waals surface area contributed by atoms with Crippen molar-refractivity contribution < 1.29 is 4.79 Å². The monoisotopic (exact) mass is 242 g/mol. The number of carbonyl (C=O) groups excluding carboxylic acids is 1. The van der Waals surface area contributed by atoms with E-state index in [2.05, 4.69) is 9.97 Å². The third-order valence-electron chi connectivity index (χ3n) is 2.89. The van der Waals surface area contributed by atoms with Gasteiger partial charge in [0, 0.05) is 19.3 Å². The van der Waals surface area contributed by atoms with E-state index in [0.717, 1.165) is 17.7 Å². The van der Waals surface area contributed by atoms with E-state index in [0.29, 0.717) is 11.5 Å². The number of carbonyl (C=O) groups is 1. The number of nitrogens with one attached hydrogen (secondary N) is 1. The lowest BCUT2D eigenvalue weighted by atomic mass is 10.3. The van der Waals surface area contributed by atoms with Crippen LogP contribution in [0.4, 0.5) is 0 Å². The Labute approximate surface area is 102 Å². The van der Waals surface area contributed by atoms with Gasteiger partial charge in [0.15, 0.2) is 6.29 Å². The lowest BCUT2D eigenvalue weighted by Gasteiger charge is -2.02. The van der Waals surface area contributed by atoms with E-state index in [1.165, 1.54) is 10.6 Å². The van der Waals surface area contributed by atoms with E-state index in [1.807, 2.05) is 0 Å². The van der Waals surface area contributed by atoms with Gasteiger partial charge in [-0.25, -0.2) is 4.98 Å². The zero-order valence-electron chi connectivity index (χ0n) is 9.62. The number of imidazole rings is 1. The minimum atomic E-state index is -0.111. The maximum atomic E-state index is 11.5. The summed E-state index contributed by atoms with van der Waals surface area (Å²) in [7, 11) is 1.67. The molecule has 3 heterocycles. The maximum Gasteiger partial charge on any atom is 0.254 e. The normalized spacial score (nSPS) is 10.9. The molecule has 0 radical (unpaired) electrons. The SMILES string of the molecule is Cn1c(=O)ccn2c(-c3ccc(C=O)[nH]3)cnc12. The van der Waals surface area contributed by atoms with Gasteiger partial charge in [-0.05, 0) is 12.1 Å². The highest BCUT2D eigenvalue weighted by Crippen LogP contribution is 2.18. The molecule has 3 aromatic heterocycles. The van der Waals surface area contributed by atoms with Crippen LogP contribution in [-0.2, 0) is 7.05 Å². The van der Waals surface area contributed by atoms with Gasteiger partial charge in [-0.15, -0.1) is 0 Å². The van der Waals surface area contributed by atoms with Gasteiger partial charge in [-0.1, -0.05) is 0 Å². The van der Waals surface area contributed by atoms with Crippen LogP contribution in [0, 0.1) is 0 Å². The van der Waals surface area contributed by atoms with Gasteiger partial charge in [0.05, 0.1) is 23.3 Å². The van der Waals surface area contributed by atoms with Gasteiger partial charge in [-0.3, -0.25) is 18.6 Å². The lowest BCUT2D eigenvalue weighted by molar-refractivity contribution is 0.111. The summed E-state index contributed by atoms with van der Waals surface area (Å²) < 4.78 is 3.26. The van der Waals surface area contributed by atoms with Crippen LogP contribution in [-0.4, -0.2) is 25.2 Å². The third-order valence-corrected chi connectivity index (χ3v) is 2.89. The van der Waals surface area contributed by atoms with Crippen molar-refractivity contribution in [3.63, 3.8) is 0 Å². The first-order valence-corrected chi connectivity index (χ1v) is 5.38. The first kappa shape index (κ1) is 10.5. The predicted molar refractivity (Wildman–Crippen MR) is 65.6 cm³/mol. The van der Waals surface area contributed by atoms with E-state index in [1.54, 1.807) is 36.0 Å². The number of aryl methyl sites for hydroxylation is 1. The molecule has 0 aliphatic rings. The van der Waals surface area contributed by atoms with Crippen molar-refractivity contribution in [2.24, 2.45) is 7.05 Å². The molecule has 3 rings (SSSR count).